The first-order chi connectivity index (χ1) is 14.7. The normalized spacial score (nSPS) is 12.5. The fourth-order valence-electron chi connectivity index (χ4n) is 3.08. The van der Waals surface area contributed by atoms with Crippen LogP contribution in [0.4, 0.5) is 11.6 Å². The van der Waals surface area contributed by atoms with Crippen LogP contribution in [-0.2, 0) is 16.1 Å². The molecule has 2 N–H and O–H groups in total. The molecular weight excluding hydrogens is 414 g/mol. The lowest BCUT2D eigenvalue weighted by Gasteiger charge is -2.28. The molecule has 1 aromatic heterocycles. The van der Waals surface area contributed by atoms with Crippen LogP contribution < -0.4 is 10.9 Å². The Morgan fingerprint density at radius 2 is 1.87 bits per heavy atom. The van der Waals surface area contributed by atoms with Crippen molar-refractivity contribution >= 4 is 23.2 Å². The van der Waals surface area contributed by atoms with Crippen LogP contribution in [0.5, 0.6) is 0 Å². The molecule has 0 saturated heterocycles. The molecule has 2 aromatic carbocycles. The fourth-order valence-corrected chi connectivity index (χ4v) is 3.26. The molecule has 1 heterocycles. The minimum absolute atomic E-state index is 0.220. The van der Waals surface area contributed by atoms with Crippen LogP contribution in [0.3, 0.4) is 0 Å². The molecule has 0 aliphatic rings. The number of nitrogens with one attached hydrogen (secondary N) is 2. The van der Waals surface area contributed by atoms with E-state index in [0.717, 1.165) is 16.8 Å². The molecule has 3 aromatic rings. The van der Waals surface area contributed by atoms with Crippen molar-refractivity contribution in [1.82, 2.24) is 9.97 Å². The van der Waals surface area contributed by atoms with Gasteiger partial charge < -0.3 is 19.8 Å². The second-order valence-corrected chi connectivity index (χ2v) is 8.68. The van der Waals surface area contributed by atoms with Gasteiger partial charge in [-0.2, -0.15) is 4.98 Å². The third-order valence-corrected chi connectivity index (χ3v) is 4.92. The van der Waals surface area contributed by atoms with E-state index in [0.29, 0.717) is 23.3 Å². The van der Waals surface area contributed by atoms with Crippen LogP contribution >= 0.6 is 11.6 Å². The Morgan fingerprint density at radius 3 is 2.58 bits per heavy atom. The Balaban J connectivity index is 1.69. The van der Waals surface area contributed by atoms with E-state index in [1.807, 2.05) is 76.2 Å². The van der Waals surface area contributed by atoms with E-state index in [1.165, 1.54) is 6.07 Å². The molecule has 0 fully saturated rings. The van der Waals surface area contributed by atoms with Gasteiger partial charge in [-0.3, -0.25) is 4.79 Å². The van der Waals surface area contributed by atoms with Crippen molar-refractivity contribution in [3.8, 4) is 0 Å². The summed E-state index contributed by atoms with van der Waals surface area (Å²) in [7, 11) is 0. The smallest absolute Gasteiger partial charge is 0.274 e. The monoisotopic (exact) mass is 441 g/mol. The van der Waals surface area contributed by atoms with Gasteiger partial charge in [0, 0.05) is 22.5 Å². The van der Waals surface area contributed by atoms with Crippen molar-refractivity contribution in [3.05, 3.63) is 86.8 Å². The highest BCUT2D eigenvalue weighted by Crippen LogP contribution is 2.26. The molecule has 6 nitrogen and oxygen atoms in total. The maximum absolute atomic E-state index is 12.1. The number of ether oxygens (including phenoxy) is 2. The number of hydrogen-bond acceptors (Lipinski definition) is 5. The molecule has 0 bridgehead atoms. The molecule has 0 saturated carbocycles. The summed E-state index contributed by atoms with van der Waals surface area (Å²) in [4.78, 5) is 19.2. The summed E-state index contributed by atoms with van der Waals surface area (Å²) in [6, 6.07) is 16.9. The molecule has 0 aliphatic carbocycles. The summed E-state index contributed by atoms with van der Waals surface area (Å²) in [5.74, 6) is 0.335. The highest BCUT2D eigenvalue weighted by Gasteiger charge is 2.20. The van der Waals surface area contributed by atoms with Crippen LogP contribution in [0.25, 0.3) is 0 Å². The molecule has 31 heavy (non-hydrogen) atoms. The van der Waals surface area contributed by atoms with Gasteiger partial charge in [0.2, 0.25) is 5.95 Å². The number of hydrogen-bond donors (Lipinski definition) is 2. The molecule has 3 rings (SSSR count). The standard InChI is InChI=1S/C24H28ClN3O3/c1-16-19(25)11-8-12-20(16)27-23-26-18(13-22(29)28-23)14-30-15-21(31-24(2,3)4)17-9-6-5-7-10-17/h5-13,21H,14-15H2,1-4H3,(H2,26,27,28,29). The fraction of sp³-hybridized carbons (Fsp3) is 0.333. The largest absolute Gasteiger partial charge is 0.372 e. The highest BCUT2D eigenvalue weighted by atomic mass is 35.5. The molecule has 0 aliphatic heterocycles. The molecule has 1 unspecified atom stereocenters. The minimum atomic E-state index is -0.356. The zero-order valence-electron chi connectivity index (χ0n) is 18.2. The average molecular weight is 442 g/mol. The van der Waals surface area contributed by atoms with E-state index in [1.54, 1.807) is 0 Å². The first-order valence-electron chi connectivity index (χ1n) is 10.1. The number of anilines is 2. The van der Waals surface area contributed by atoms with E-state index < -0.39 is 0 Å². The van der Waals surface area contributed by atoms with Gasteiger partial charge in [-0.25, -0.2) is 0 Å². The average Bonchev–Trinajstić information content (AvgIpc) is 2.70. The molecule has 0 radical (unpaired) electrons. The van der Waals surface area contributed by atoms with Crippen LogP contribution in [0.15, 0.2) is 59.4 Å². The third kappa shape index (κ3) is 6.92. The first kappa shape index (κ1) is 23.0. The predicted molar refractivity (Wildman–Crippen MR) is 124 cm³/mol. The van der Waals surface area contributed by atoms with Gasteiger partial charge in [-0.15, -0.1) is 0 Å². The topological polar surface area (TPSA) is 76.2 Å². The third-order valence-electron chi connectivity index (χ3n) is 4.51. The number of halogens is 1. The number of H-pyrrole nitrogens is 1. The number of benzene rings is 2. The van der Waals surface area contributed by atoms with Crippen molar-refractivity contribution in [2.75, 3.05) is 11.9 Å². The molecule has 0 spiro atoms. The van der Waals surface area contributed by atoms with Gasteiger partial charge in [0.15, 0.2) is 0 Å². The number of aromatic amines is 1. The van der Waals surface area contributed by atoms with Gasteiger partial charge in [0.05, 0.1) is 18.8 Å². The maximum Gasteiger partial charge on any atom is 0.274 e. The first-order valence-corrected chi connectivity index (χ1v) is 10.5. The van der Waals surface area contributed by atoms with Crippen LogP contribution in [0.1, 0.15) is 43.7 Å². The number of rotatable bonds is 8. The maximum atomic E-state index is 12.1. The summed E-state index contributed by atoms with van der Waals surface area (Å²) in [5, 5.41) is 3.76. The second-order valence-electron chi connectivity index (χ2n) is 8.28. The lowest BCUT2D eigenvalue weighted by molar-refractivity contribution is -0.0976. The number of aromatic nitrogens is 2. The van der Waals surface area contributed by atoms with Crippen molar-refractivity contribution < 1.29 is 9.47 Å². The van der Waals surface area contributed by atoms with Crippen LogP contribution in [0.2, 0.25) is 5.02 Å². The van der Waals surface area contributed by atoms with Gasteiger partial charge in [-0.05, 0) is 51.0 Å². The van der Waals surface area contributed by atoms with Crippen molar-refractivity contribution in [2.24, 2.45) is 0 Å². The number of nitrogens with zero attached hydrogens (tertiary/aromatic N) is 1. The zero-order chi connectivity index (χ0) is 22.4. The van der Waals surface area contributed by atoms with Crippen molar-refractivity contribution in [3.63, 3.8) is 0 Å². The van der Waals surface area contributed by atoms with Crippen molar-refractivity contribution in [1.29, 1.82) is 0 Å². The molecule has 164 valence electrons. The summed E-state index contributed by atoms with van der Waals surface area (Å²) < 4.78 is 12.1. The molecule has 0 amide bonds. The summed E-state index contributed by atoms with van der Waals surface area (Å²) in [6.07, 6.45) is -0.221. The van der Waals surface area contributed by atoms with Crippen LogP contribution in [0, 0.1) is 6.92 Å². The summed E-state index contributed by atoms with van der Waals surface area (Å²) in [5.41, 5.74) is 2.63. The van der Waals surface area contributed by atoms with Crippen LogP contribution in [-0.4, -0.2) is 22.2 Å². The van der Waals surface area contributed by atoms with Gasteiger partial charge in [0.25, 0.3) is 5.56 Å². The Labute approximate surface area is 187 Å². The summed E-state index contributed by atoms with van der Waals surface area (Å²) in [6.45, 7) is 8.51. The van der Waals surface area contributed by atoms with E-state index in [4.69, 9.17) is 21.1 Å². The summed E-state index contributed by atoms with van der Waals surface area (Å²) >= 11 is 6.17. The van der Waals surface area contributed by atoms with E-state index >= 15 is 0 Å². The Morgan fingerprint density at radius 1 is 1.13 bits per heavy atom. The highest BCUT2D eigenvalue weighted by molar-refractivity contribution is 6.31. The lowest BCUT2D eigenvalue weighted by Crippen LogP contribution is -2.25. The predicted octanol–water partition coefficient (Wildman–Crippen LogP) is 5.55. The quantitative estimate of drug-likeness (QED) is 0.479. The SMILES string of the molecule is Cc1c(Cl)cccc1Nc1nc(=O)cc(COCC(OC(C)(C)C)c2ccccc2)[nH]1. The van der Waals surface area contributed by atoms with E-state index in [2.05, 4.69) is 15.3 Å². The lowest BCUT2D eigenvalue weighted by atomic mass is 10.1. The Hall–Kier alpha value is -2.67. The van der Waals surface area contributed by atoms with Crippen molar-refractivity contribution in [2.45, 2.75) is 46.0 Å². The molecule has 7 heteroatoms. The van der Waals surface area contributed by atoms with E-state index in [-0.39, 0.29) is 23.9 Å². The Kier molecular flexibility index (Phi) is 7.49. The van der Waals surface area contributed by atoms with Gasteiger partial charge >= 0.3 is 0 Å². The minimum Gasteiger partial charge on any atom is -0.372 e. The van der Waals surface area contributed by atoms with E-state index in [9.17, 15) is 4.79 Å². The molecular formula is C24H28ClN3O3. The zero-order valence-corrected chi connectivity index (χ0v) is 19.0. The molecule has 1 atom stereocenters. The second kappa shape index (κ2) is 10.1. The van der Waals surface area contributed by atoms with Gasteiger partial charge in [-0.1, -0.05) is 48.0 Å². The van der Waals surface area contributed by atoms with Gasteiger partial charge in [0.1, 0.15) is 6.10 Å². The Bertz CT molecular complexity index is 1060.